The van der Waals surface area contributed by atoms with Crippen molar-refractivity contribution in [2.75, 3.05) is 6.54 Å². The van der Waals surface area contributed by atoms with E-state index in [-0.39, 0.29) is 5.92 Å². The van der Waals surface area contributed by atoms with Crippen molar-refractivity contribution in [1.82, 2.24) is 5.32 Å². The molecule has 2 rings (SSSR count). The first-order valence-electron chi connectivity index (χ1n) is 5.08. The molecule has 1 saturated carbocycles. The zero-order chi connectivity index (χ0) is 13.3. The van der Waals surface area contributed by atoms with Gasteiger partial charge in [-0.15, -0.1) is 0 Å². The van der Waals surface area contributed by atoms with Gasteiger partial charge in [-0.25, -0.2) is 13.6 Å². The quantitative estimate of drug-likeness (QED) is 0.656. The summed E-state index contributed by atoms with van der Waals surface area (Å²) < 4.78 is 57.0. The fourth-order valence-electron chi connectivity index (χ4n) is 1.77. The number of carboxylic acid groups (broad SMARTS) is 1. The maximum absolute atomic E-state index is 12.6. The third-order valence-electron chi connectivity index (χ3n) is 2.75. The highest BCUT2D eigenvalue weighted by molar-refractivity contribution is 5.73. The Labute approximate surface area is 94.0 Å². The zero-order valence-corrected chi connectivity index (χ0v) is 8.73. The van der Waals surface area contributed by atoms with E-state index in [0.717, 1.165) is 19.4 Å². The highest BCUT2D eigenvalue weighted by atomic mass is 19.4. The standard InChI is InChI=1S/C7H11F2N.C2HF3O2/c8-7(9)5-3-1-2-4-10-6(5)7;3-2(4,5)1(6)7/h5-6,10H,1-4H2;(H,6,7). The monoisotopic (exact) mass is 261 g/mol. The Morgan fingerprint density at radius 3 is 2.29 bits per heavy atom. The molecule has 2 unspecified atom stereocenters. The average Bonchev–Trinajstić information content (AvgIpc) is 2.78. The van der Waals surface area contributed by atoms with Crippen molar-refractivity contribution < 1.29 is 31.9 Å². The maximum Gasteiger partial charge on any atom is 0.490 e. The number of halogens is 5. The minimum atomic E-state index is -5.08. The highest BCUT2D eigenvalue weighted by Crippen LogP contribution is 2.52. The Balaban J connectivity index is 0.000000185. The summed E-state index contributed by atoms with van der Waals surface area (Å²) in [6.07, 6.45) is -2.35. The summed E-state index contributed by atoms with van der Waals surface area (Å²) in [6, 6.07) is -0.477. The lowest BCUT2D eigenvalue weighted by Gasteiger charge is -2.00. The van der Waals surface area contributed by atoms with Crippen molar-refractivity contribution in [1.29, 1.82) is 0 Å². The van der Waals surface area contributed by atoms with Crippen LogP contribution < -0.4 is 5.32 Å². The molecule has 2 fully saturated rings. The van der Waals surface area contributed by atoms with Crippen LogP contribution in [0.2, 0.25) is 0 Å². The molecule has 100 valence electrons. The van der Waals surface area contributed by atoms with Crippen molar-refractivity contribution >= 4 is 5.97 Å². The summed E-state index contributed by atoms with van der Waals surface area (Å²) in [5, 5.41) is 9.98. The van der Waals surface area contributed by atoms with E-state index < -0.39 is 24.1 Å². The highest BCUT2D eigenvalue weighted by Gasteiger charge is 2.67. The number of rotatable bonds is 0. The number of fused-ring (bicyclic) bond motifs is 1. The molecule has 0 aromatic carbocycles. The number of nitrogens with one attached hydrogen (secondary N) is 1. The van der Waals surface area contributed by atoms with Crippen LogP contribution in [0.25, 0.3) is 0 Å². The van der Waals surface area contributed by atoms with Crippen LogP contribution in [0.5, 0.6) is 0 Å². The number of hydrogen-bond acceptors (Lipinski definition) is 2. The number of hydrogen-bond donors (Lipinski definition) is 2. The lowest BCUT2D eigenvalue weighted by molar-refractivity contribution is -0.192. The molecule has 0 aromatic heterocycles. The molecule has 1 saturated heterocycles. The first kappa shape index (κ1) is 14.1. The second-order valence-electron chi connectivity index (χ2n) is 4.01. The molecule has 3 nitrogen and oxygen atoms in total. The van der Waals surface area contributed by atoms with E-state index in [9.17, 15) is 22.0 Å². The zero-order valence-electron chi connectivity index (χ0n) is 8.73. The molecule has 1 aliphatic heterocycles. The second kappa shape index (κ2) is 4.75. The van der Waals surface area contributed by atoms with E-state index in [1.807, 2.05) is 0 Å². The molecule has 0 aromatic rings. The Bertz CT molecular complexity index is 278. The molecular weight excluding hydrogens is 249 g/mol. The van der Waals surface area contributed by atoms with E-state index >= 15 is 0 Å². The van der Waals surface area contributed by atoms with Gasteiger partial charge in [0.05, 0.1) is 6.04 Å². The third kappa shape index (κ3) is 3.52. The Morgan fingerprint density at radius 1 is 1.29 bits per heavy atom. The van der Waals surface area contributed by atoms with E-state index in [1.54, 1.807) is 0 Å². The van der Waals surface area contributed by atoms with Crippen LogP contribution in [0.15, 0.2) is 0 Å². The van der Waals surface area contributed by atoms with Crippen molar-refractivity contribution in [3.05, 3.63) is 0 Å². The third-order valence-corrected chi connectivity index (χ3v) is 2.75. The van der Waals surface area contributed by atoms with Crippen LogP contribution in [0.3, 0.4) is 0 Å². The van der Waals surface area contributed by atoms with Crippen LogP contribution in [0, 0.1) is 5.92 Å². The van der Waals surface area contributed by atoms with Crippen LogP contribution in [0.1, 0.15) is 19.3 Å². The molecule has 0 amide bonds. The Hall–Kier alpha value is -0.920. The van der Waals surface area contributed by atoms with Gasteiger partial charge in [-0.05, 0) is 19.4 Å². The van der Waals surface area contributed by atoms with Gasteiger partial charge in [0.25, 0.3) is 5.92 Å². The van der Waals surface area contributed by atoms with E-state index in [0.29, 0.717) is 6.42 Å². The fraction of sp³-hybridized carbons (Fsp3) is 0.889. The molecule has 8 heteroatoms. The first-order valence-corrected chi connectivity index (χ1v) is 5.08. The molecule has 2 N–H and O–H groups in total. The molecule has 2 aliphatic rings. The topological polar surface area (TPSA) is 49.3 Å². The molecule has 17 heavy (non-hydrogen) atoms. The fourth-order valence-corrected chi connectivity index (χ4v) is 1.77. The van der Waals surface area contributed by atoms with Crippen LogP contribution in [-0.2, 0) is 4.79 Å². The summed E-state index contributed by atoms with van der Waals surface area (Å²) in [5.41, 5.74) is 0. The Kier molecular flexibility index (Phi) is 3.95. The second-order valence-corrected chi connectivity index (χ2v) is 4.01. The van der Waals surface area contributed by atoms with Crippen molar-refractivity contribution in [2.24, 2.45) is 5.92 Å². The number of carbonyl (C=O) groups is 1. The summed E-state index contributed by atoms with van der Waals surface area (Å²) in [4.78, 5) is 8.90. The number of alkyl halides is 5. The summed E-state index contributed by atoms with van der Waals surface area (Å²) in [5.74, 6) is -5.47. The SMILES string of the molecule is FC1(F)C2CCCCNC21.O=C(O)C(F)(F)F. The summed E-state index contributed by atoms with van der Waals surface area (Å²) >= 11 is 0. The summed E-state index contributed by atoms with van der Waals surface area (Å²) in [6.45, 7) is 0.775. The van der Waals surface area contributed by atoms with Crippen molar-refractivity contribution in [3.8, 4) is 0 Å². The smallest absolute Gasteiger partial charge is 0.475 e. The van der Waals surface area contributed by atoms with E-state index in [4.69, 9.17) is 9.90 Å². The number of carboxylic acids is 1. The lowest BCUT2D eigenvalue weighted by atomic mass is 10.2. The Morgan fingerprint density at radius 2 is 1.82 bits per heavy atom. The van der Waals surface area contributed by atoms with Crippen LogP contribution in [-0.4, -0.2) is 35.8 Å². The molecule has 1 heterocycles. The molecule has 1 aliphatic carbocycles. The lowest BCUT2D eigenvalue weighted by Crippen LogP contribution is -2.22. The summed E-state index contributed by atoms with van der Waals surface area (Å²) in [7, 11) is 0. The van der Waals surface area contributed by atoms with Gasteiger partial charge in [-0.2, -0.15) is 13.2 Å². The van der Waals surface area contributed by atoms with E-state index in [2.05, 4.69) is 5.32 Å². The van der Waals surface area contributed by atoms with Gasteiger partial charge in [-0.3, -0.25) is 0 Å². The minimum absolute atomic E-state index is 0.338. The predicted octanol–water partition coefficient (Wildman–Crippen LogP) is 2.03. The van der Waals surface area contributed by atoms with E-state index in [1.165, 1.54) is 0 Å². The van der Waals surface area contributed by atoms with Gasteiger partial charge in [0, 0.05) is 5.92 Å². The normalized spacial score (nSPS) is 30.4. The van der Waals surface area contributed by atoms with Gasteiger partial charge in [0.1, 0.15) is 0 Å². The molecule has 0 bridgehead atoms. The van der Waals surface area contributed by atoms with Gasteiger partial charge in [0.15, 0.2) is 0 Å². The molecule has 0 radical (unpaired) electrons. The van der Waals surface area contributed by atoms with Gasteiger partial charge in [0.2, 0.25) is 0 Å². The average molecular weight is 261 g/mol. The molecule has 0 spiro atoms. The van der Waals surface area contributed by atoms with Gasteiger partial charge < -0.3 is 10.4 Å². The molecular formula is C9H12F5NO2. The maximum atomic E-state index is 12.6. The van der Waals surface area contributed by atoms with Crippen LogP contribution >= 0.6 is 0 Å². The van der Waals surface area contributed by atoms with Crippen molar-refractivity contribution in [3.63, 3.8) is 0 Å². The first-order chi connectivity index (χ1) is 7.67. The predicted molar refractivity (Wildman–Crippen MR) is 47.8 cm³/mol. The molecule has 2 atom stereocenters. The largest absolute Gasteiger partial charge is 0.490 e. The minimum Gasteiger partial charge on any atom is -0.475 e. The van der Waals surface area contributed by atoms with Crippen molar-refractivity contribution in [2.45, 2.75) is 37.4 Å². The van der Waals surface area contributed by atoms with Gasteiger partial charge >= 0.3 is 12.1 Å². The number of aliphatic carboxylic acids is 1. The van der Waals surface area contributed by atoms with Gasteiger partial charge in [-0.1, -0.05) is 6.42 Å². The van der Waals surface area contributed by atoms with Crippen LogP contribution in [0.4, 0.5) is 22.0 Å².